The molecule has 0 aliphatic carbocycles. The predicted octanol–water partition coefficient (Wildman–Crippen LogP) is 4.55. The molecule has 0 amide bonds. The van der Waals surface area contributed by atoms with E-state index in [-0.39, 0.29) is 12.6 Å². The van der Waals surface area contributed by atoms with Crippen LogP contribution in [0.3, 0.4) is 0 Å². The number of aryl methyl sites for hydroxylation is 1. The second kappa shape index (κ2) is 9.41. The van der Waals surface area contributed by atoms with Gasteiger partial charge in [-0.15, -0.1) is 0 Å². The highest BCUT2D eigenvalue weighted by atomic mass is 16.5. The first-order valence-corrected chi connectivity index (χ1v) is 11.3. The number of benzene rings is 2. The van der Waals surface area contributed by atoms with Gasteiger partial charge in [-0.3, -0.25) is 0 Å². The fourth-order valence-electron chi connectivity index (χ4n) is 4.07. The Kier molecular flexibility index (Phi) is 6.01. The van der Waals surface area contributed by atoms with Crippen molar-refractivity contribution in [2.75, 3.05) is 18.5 Å². The standard InChI is InChI=1S/C27H27N5O2/c1-18-15-28-27(30-23-8-9-25-21(14-23)11-13-34-25)31-26(18)32-12-10-22(16-32)19(2)29-24(17-33)20-6-4-3-5-7-20/h3-10,12,14-16,24,29,33H,2,11,13,17H2,1H3,(H,28,30,31)/t24-/m1/s1. The largest absolute Gasteiger partial charge is 0.493 e. The van der Waals surface area contributed by atoms with Crippen LogP contribution in [0.1, 0.15) is 28.3 Å². The van der Waals surface area contributed by atoms with Crippen molar-refractivity contribution in [3.05, 3.63) is 102 Å². The molecule has 3 heterocycles. The van der Waals surface area contributed by atoms with Crippen molar-refractivity contribution >= 4 is 17.3 Å². The smallest absolute Gasteiger partial charge is 0.229 e. The van der Waals surface area contributed by atoms with E-state index in [1.807, 2.05) is 78.6 Å². The summed E-state index contributed by atoms with van der Waals surface area (Å²) in [6.07, 6.45) is 6.65. The number of hydrogen-bond acceptors (Lipinski definition) is 6. The minimum absolute atomic E-state index is 0.0292. The fraction of sp³-hybridized carbons (Fsp3) is 0.185. The Labute approximate surface area is 198 Å². The van der Waals surface area contributed by atoms with E-state index in [9.17, 15) is 5.11 Å². The molecular formula is C27H27N5O2. The normalized spacial score (nSPS) is 13.1. The zero-order chi connectivity index (χ0) is 23.5. The molecule has 4 aromatic rings. The Morgan fingerprint density at radius 1 is 1.21 bits per heavy atom. The molecule has 0 radical (unpaired) electrons. The summed E-state index contributed by atoms with van der Waals surface area (Å²) in [5.74, 6) is 2.25. The molecule has 5 rings (SSSR count). The summed E-state index contributed by atoms with van der Waals surface area (Å²) in [6, 6.07) is 17.6. The second-order valence-corrected chi connectivity index (χ2v) is 8.32. The Balaban J connectivity index is 1.33. The van der Waals surface area contributed by atoms with Crippen LogP contribution in [0.2, 0.25) is 0 Å². The van der Waals surface area contributed by atoms with Gasteiger partial charge in [0.1, 0.15) is 11.6 Å². The summed E-state index contributed by atoms with van der Waals surface area (Å²) in [4.78, 5) is 9.20. The van der Waals surface area contributed by atoms with Crippen molar-refractivity contribution in [2.24, 2.45) is 0 Å². The Morgan fingerprint density at radius 2 is 2.06 bits per heavy atom. The highest BCUT2D eigenvalue weighted by Gasteiger charge is 2.15. The molecule has 0 bridgehead atoms. The van der Waals surface area contributed by atoms with Gasteiger partial charge >= 0.3 is 0 Å². The average molecular weight is 454 g/mol. The van der Waals surface area contributed by atoms with Gasteiger partial charge in [0.05, 0.1) is 19.3 Å². The summed E-state index contributed by atoms with van der Waals surface area (Å²) in [7, 11) is 0. The van der Waals surface area contributed by atoms with Gasteiger partial charge in [-0.05, 0) is 42.3 Å². The molecule has 1 atom stereocenters. The fourth-order valence-corrected chi connectivity index (χ4v) is 4.07. The Hall–Kier alpha value is -4.10. The minimum atomic E-state index is -0.230. The molecule has 0 spiro atoms. The molecule has 0 unspecified atom stereocenters. The second-order valence-electron chi connectivity index (χ2n) is 8.32. The van der Waals surface area contributed by atoms with Crippen molar-refractivity contribution in [1.82, 2.24) is 19.9 Å². The van der Waals surface area contributed by atoms with Crippen LogP contribution in [0.5, 0.6) is 5.75 Å². The van der Waals surface area contributed by atoms with Crippen LogP contribution in [0, 0.1) is 6.92 Å². The monoisotopic (exact) mass is 453 g/mol. The van der Waals surface area contributed by atoms with Gasteiger partial charge in [-0.2, -0.15) is 4.98 Å². The summed E-state index contributed by atoms with van der Waals surface area (Å²) in [5.41, 5.74) is 5.72. The number of aliphatic hydroxyl groups is 1. The molecule has 2 aromatic heterocycles. The van der Waals surface area contributed by atoms with Crippen LogP contribution in [0.4, 0.5) is 11.6 Å². The van der Waals surface area contributed by atoms with E-state index in [2.05, 4.69) is 28.3 Å². The van der Waals surface area contributed by atoms with Gasteiger partial charge in [-0.1, -0.05) is 36.9 Å². The zero-order valence-corrected chi connectivity index (χ0v) is 19.0. The van der Waals surface area contributed by atoms with Crippen LogP contribution in [0.25, 0.3) is 11.5 Å². The average Bonchev–Trinajstić information content (AvgIpc) is 3.54. The molecule has 34 heavy (non-hydrogen) atoms. The maximum Gasteiger partial charge on any atom is 0.229 e. The Bertz CT molecular complexity index is 1320. The van der Waals surface area contributed by atoms with Gasteiger partial charge in [0.25, 0.3) is 0 Å². The SMILES string of the molecule is C=C(N[C@H](CO)c1ccccc1)c1ccn(-c2nc(Nc3ccc4c(c3)CCO4)ncc2C)c1. The summed E-state index contributed by atoms with van der Waals surface area (Å²) in [5, 5.41) is 16.5. The molecule has 2 aromatic carbocycles. The quantitative estimate of drug-likeness (QED) is 0.363. The van der Waals surface area contributed by atoms with Crippen molar-refractivity contribution in [2.45, 2.75) is 19.4 Å². The predicted molar refractivity (Wildman–Crippen MR) is 133 cm³/mol. The first kappa shape index (κ1) is 21.7. The van der Waals surface area contributed by atoms with E-state index in [1.165, 1.54) is 5.56 Å². The van der Waals surface area contributed by atoms with E-state index in [0.717, 1.165) is 52.7 Å². The Morgan fingerprint density at radius 3 is 2.88 bits per heavy atom. The van der Waals surface area contributed by atoms with Gasteiger partial charge in [0.2, 0.25) is 5.95 Å². The van der Waals surface area contributed by atoms with Crippen molar-refractivity contribution in [3.63, 3.8) is 0 Å². The maximum atomic E-state index is 9.86. The van der Waals surface area contributed by atoms with E-state index >= 15 is 0 Å². The van der Waals surface area contributed by atoms with Gasteiger partial charge in [0, 0.05) is 47.5 Å². The minimum Gasteiger partial charge on any atom is -0.493 e. The maximum absolute atomic E-state index is 9.86. The third kappa shape index (κ3) is 4.51. The highest BCUT2D eigenvalue weighted by Crippen LogP contribution is 2.29. The molecule has 0 saturated carbocycles. The summed E-state index contributed by atoms with van der Waals surface area (Å²) in [6.45, 7) is 6.86. The molecular weight excluding hydrogens is 426 g/mol. The zero-order valence-electron chi connectivity index (χ0n) is 19.0. The third-order valence-electron chi connectivity index (χ3n) is 5.91. The van der Waals surface area contributed by atoms with E-state index < -0.39 is 0 Å². The van der Waals surface area contributed by atoms with Crippen LogP contribution in [-0.2, 0) is 6.42 Å². The number of aliphatic hydroxyl groups excluding tert-OH is 1. The lowest BCUT2D eigenvalue weighted by molar-refractivity contribution is 0.256. The number of ether oxygens (including phenoxy) is 1. The molecule has 3 N–H and O–H groups in total. The van der Waals surface area contributed by atoms with Gasteiger partial charge in [-0.25, -0.2) is 4.98 Å². The molecule has 0 saturated heterocycles. The van der Waals surface area contributed by atoms with Crippen LogP contribution in [-0.4, -0.2) is 32.9 Å². The van der Waals surface area contributed by atoms with Crippen LogP contribution < -0.4 is 15.4 Å². The lowest BCUT2D eigenvalue weighted by Crippen LogP contribution is -2.22. The number of anilines is 2. The molecule has 1 aliphatic heterocycles. The molecule has 7 nitrogen and oxygen atoms in total. The van der Waals surface area contributed by atoms with Gasteiger partial charge < -0.3 is 25.0 Å². The van der Waals surface area contributed by atoms with E-state index in [4.69, 9.17) is 9.72 Å². The number of nitrogens with zero attached hydrogens (tertiary/aromatic N) is 3. The molecule has 172 valence electrons. The molecule has 7 heteroatoms. The topological polar surface area (TPSA) is 84.2 Å². The first-order valence-electron chi connectivity index (χ1n) is 11.3. The van der Waals surface area contributed by atoms with Gasteiger partial charge in [0.15, 0.2) is 0 Å². The summed E-state index contributed by atoms with van der Waals surface area (Å²) >= 11 is 0. The van der Waals surface area contributed by atoms with Crippen molar-refractivity contribution in [1.29, 1.82) is 0 Å². The lowest BCUT2D eigenvalue weighted by Gasteiger charge is -2.19. The number of hydrogen-bond donors (Lipinski definition) is 3. The van der Waals surface area contributed by atoms with Crippen molar-refractivity contribution in [3.8, 4) is 11.6 Å². The van der Waals surface area contributed by atoms with Crippen LogP contribution >= 0.6 is 0 Å². The summed E-state index contributed by atoms with van der Waals surface area (Å²) < 4.78 is 7.54. The highest BCUT2D eigenvalue weighted by molar-refractivity contribution is 5.63. The molecule has 1 aliphatic rings. The first-order chi connectivity index (χ1) is 16.6. The number of aromatic nitrogens is 3. The van der Waals surface area contributed by atoms with Crippen molar-refractivity contribution < 1.29 is 9.84 Å². The lowest BCUT2D eigenvalue weighted by atomic mass is 10.1. The van der Waals surface area contributed by atoms with E-state index in [1.54, 1.807) is 0 Å². The third-order valence-corrected chi connectivity index (χ3v) is 5.91. The number of fused-ring (bicyclic) bond motifs is 1. The number of nitrogens with one attached hydrogen (secondary N) is 2. The van der Waals surface area contributed by atoms with E-state index in [0.29, 0.717) is 5.95 Å². The molecule has 0 fully saturated rings. The number of rotatable bonds is 8. The van der Waals surface area contributed by atoms with Crippen LogP contribution in [0.15, 0.2) is 79.8 Å².